The minimum absolute atomic E-state index is 0.128. The summed E-state index contributed by atoms with van der Waals surface area (Å²) in [4.78, 5) is 16.0. The minimum atomic E-state index is -0.207. The molecule has 0 aliphatic heterocycles. The molecule has 3 rings (SSSR count). The van der Waals surface area contributed by atoms with Crippen LogP contribution in [-0.4, -0.2) is 16.9 Å². The predicted molar refractivity (Wildman–Crippen MR) is 69.5 cm³/mol. The van der Waals surface area contributed by atoms with E-state index in [0.29, 0.717) is 5.89 Å². The van der Waals surface area contributed by atoms with Crippen LogP contribution in [0.4, 0.5) is 0 Å². The zero-order chi connectivity index (χ0) is 13.2. The summed E-state index contributed by atoms with van der Waals surface area (Å²) in [5, 5.41) is 2.98. The summed E-state index contributed by atoms with van der Waals surface area (Å²) in [7, 11) is 0. The molecule has 5 nitrogen and oxygen atoms in total. The van der Waals surface area contributed by atoms with Crippen molar-refractivity contribution in [2.75, 3.05) is 0 Å². The number of nitrogens with two attached hydrogens (primary N) is 1. The summed E-state index contributed by atoms with van der Waals surface area (Å²) in [6, 6.07) is 8.37. The Hall–Kier alpha value is -2.14. The molecule has 1 aliphatic rings. The second-order valence-electron chi connectivity index (χ2n) is 4.68. The van der Waals surface area contributed by atoms with E-state index in [4.69, 9.17) is 10.2 Å². The van der Waals surface area contributed by atoms with Crippen molar-refractivity contribution in [3.63, 3.8) is 0 Å². The lowest BCUT2D eigenvalue weighted by molar-refractivity contribution is 0.0933. The molecule has 1 heterocycles. The number of hydrogen-bond donors (Lipinski definition) is 2. The van der Waals surface area contributed by atoms with Crippen molar-refractivity contribution in [2.24, 2.45) is 5.73 Å². The average Bonchev–Trinajstić information content (AvgIpc) is 3.04. The number of carbonyl (C=O) groups excluding carboxylic acids is 1. The van der Waals surface area contributed by atoms with Crippen molar-refractivity contribution >= 4 is 5.91 Å². The van der Waals surface area contributed by atoms with Gasteiger partial charge in [0.15, 0.2) is 5.69 Å². The van der Waals surface area contributed by atoms with Crippen LogP contribution >= 0.6 is 0 Å². The Balaban J connectivity index is 1.66. The SMILES string of the molecule is NCc1nc(C(=O)NC2Cc3ccccc3C2)co1. The molecule has 0 unspecified atom stereocenters. The highest BCUT2D eigenvalue weighted by molar-refractivity contribution is 5.92. The minimum Gasteiger partial charge on any atom is -0.447 e. The van der Waals surface area contributed by atoms with Gasteiger partial charge in [0.2, 0.25) is 5.89 Å². The average molecular weight is 257 g/mol. The van der Waals surface area contributed by atoms with Gasteiger partial charge in [0.25, 0.3) is 5.91 Å². The maximum Gasteiger partial charge on any atom is 0.273 e. The van der Waals surface area contributed by atoms with Gasteiger partial charge in [-0.05, 0) is 24.0 Å². The first kappa shape index (κ1) is 11.9. The molecule has 5 heteroatoms. The van der Waals surface area contributed by atoms with Crippen LogP contribution in [-0.2, 0) is 19.4 Å². The predicted octanol–water partition coefficient (Wildman–Crippen LogP) is 1.03. The first-order chi connectivity index (χ1) is 9.26. The summed E-state index contributed by atoms with van der Waals surface area (Å²) in [5.74, 6) is 0.168. The standard InChI is InChI=1S/C14H15N3O2/c15-7-13-17-12(8-19-13)14(18)16-11-5-9-3-1-2-4-10(9)6-11/h1-4,8,11H,5-7,15H2,(H,16,18). The second kappa shape index (κ2) is 4.85. The molecule has 1 aromatic heterocycles. The van der Waals surface area contributed by atoms with Crippen molar-refractivity contribution in [3.8, 4) is 0 Å². The number of benzene rings is 1. The summed E-state index contributed by atoms with van der Waals surface area (Å²) >= 11 is 0. The highest BCUT2D eigenvalue weighted by Crippen LogP contribution is 2.21. The number of amides is 1. The molecule has 0 atom stereocenters. The smallest absolute Gasteiger partial charge is 0.273 e. The van der Waals surface area contributed by atoms with Gasteiger partial charge in [0.1, 0.15) is 6.26 Å². The lowest BCUT2D eigenvalue weighted by Crippen LogP contribution is -2.35. The molecule has 0 bridgehead atoms. The molecule has 0 saturated heterocycles. The third-order valence-corrected chi connectivity index (χ3v) is 3.35. The molecule has 98 valence electrons. The van der Waals surface area contributed by atoms with Gasteiger partial charge >= 0.3 is 0 Å². The Kier molecular flexibility index (Phi) is 3.05. The first-order valence-electron chi connectivity index (χ1n) is 6.28. The first-order valence-corrected chi connectivity index (χ1v) is 6.28. The van der Waals surface area contributed by atoms with E-state index in [9.17, 15) is 4.79 Å². The van der Waals surface area contributed by atoms with Crippen molar-refractivity contribution in [1.82, 2.24) is 10.3 Å². The lowest BCUT2D eigenvalue weighted by Gasteiger charge is -2.10. The number of oxazole rings is 1. The third-order valence-electron chi connectivity index (χ3n) is 3.35. The number of fused-ring (bicyclic) bond motifs is 1. The molecular weight excluding hydrogens is 242 g/mol. The normalized spacial score (nSPS) is 14.4. The fourth-order valence-corrected chi connectivity index (χ4v) is 2.43. The van der Waals surface area contributed by atoms with Crippen LogP contribution in [0.2, 0.25) is 0 Å². The Morgan fingerprint density at radius 2 is 2.05 bits per heavy atom. The van der Waals surface area contributed by atoms with Gasteiger partial charge in [-0.25, -0.2) is 4.98 Å². The highest BCUT2D eigenvalue weighted by Gasteiger charge is 2.23. The Bertz CT molecular complexity index is 581. The van der Waals surface area contributed by atoms with Gasteiger partial charge in [-0.3, -0.25) is 4.79 Å². The molecular formula is C14H15N3O2. The van der Waals surface area contributed by atoms with Crippen LogP contribution in [0, 0.1) is 0 Å². The summed E-state index contributed by atoms with van der Waals surface area (Å²) in [6.07, 6.45) is 3.08. The van der Waals surface area contributed by atoms with Crippen LogP contribution in [0.1, 0.15) is 27.5 Å². The van der Waals surface area contributed by atoms with E-state index in [2.05, 4.69) is 22.4 Å². The van der Waals surface area contributed by atoms with E-state index in [-0.39, 0.29) is 24.2 Å². The van der Waals surface area contributed by atoms with E-state index >= 15 is 0 Å². The summed E-state index contributed by atoms with van der Waals surface area (Å²) in [5.41, 5.74) is 8.29. The Labute approximate surface area is 110 Å². The van der Waals surface area contributed by atoms with Crippen molar-refractivity contribution in [3.05, 3.63) is 53.2 Å². The van der Waals surface area contributed by atoms with Crippen molar-refractivity contribution in [1.29, 1.82) is 0 Å². The second-order valence-corrected chi connectivity index (χ2v) is 4.68. The molecule has 2 aromatic rings. The van der Waals surface area contributed by atoms with Crippen LogP contribution in [0.15, 0.2) is 34.9 Å². The topological polar surface area (TPSA) is 81.1 Å². The van der Waals surface area contributed by atoms with Gasteiger partial charge in [0, 0.05) is 6.04 Å². The number of nitrogens with zero attached hydrogens (tertiary/aromatic N) is 1. The third kappa shape index (κ3) is 2.37. The molecule has 1 aliphatic carbocycles. The zero-order valence-corrected chi connectivity index (χ0v) is 10.4. The monoisotopic (exact) mass is 257 g/mol. The van der Waals surface area contributed by atoms with Crippen molar-refractivity contribution < 1.29 is 9.21 Å². The van der Waals surface area contributed by atoms with Gasteiger partial charge in [-0.2, -0.15) is 0 Å². The fraction of sp³-hybridized carbons (Fsp3) is 0.286. The molecule has 0 saturated carbocycles. The summed E-state index contributed by atoms with van der Waals surface area (Å²) in [6.45, 7) is 0.197. The quantitative estimate of drug-likeness (QED) is 0.860. The fourth-order valence-electron chi connectivity index (χ4n) is 2.43. The highest BCUT2D eigenvalue weighted by atomic mass is 16.3. The van der Waals surface area contributed by atoms with Crippen LogP contribution in [0.5, 0.6) is 0 Å². The van der Waals surface area contributed by atoms with E-state index in [0.717, 1.165) is 12.8 Å². The molecule has 1 aromatic carbocycles. The molecule has 3 N–H and O–H groups in total. The van der Waals surface area contributed by atoms with Crippen LogP contribution in [0.3, 0.4) is 0 Å². The Morgan fingerprint density at radius 1 is 1.37 bits per heavy atom. The van der Waals surface area contributed by atoms with E-state index < -0.39 is 0 Å². The van der Waals surface area contributed by atoms with E-state index in [1.165, 1.54) is 17.4 Å². The molecule has 19 heavy (non-hydrogen) atoms. The van der Waals surface area contributed by atoms with Crippen LogP contribution < -0.4 is 11.1 Å². The zero-order valence-electron chi connectivity index (χ0n) is 10.4. The number of aromatic nitrogens is 1. The molecule has 0 spiro atoms. The van der Waals surface area contributed by atoms with Gasteiger partial charge in [-0.15, -0.1) is 0 Å². The molecule has 0 fully saturated rings. The maximum absolute atomic E-state index is 12.0. The van der Waals surface area contributed by atoms with E-state index in [1.54, 1.807) is 0 Å². The van der Waals surface area contributed by atoms with Crippen molar-refractivity contribution in [2.45, 2.75) is 25.4 Å². The van der Waals surface area contributed by atoms with Gasteiger partial charge < -0.3 is 15.5 Å². The largest absolute Gasteiger partial charge is 0.447 e. The lowest BCUT2D eigenvalue weighted by atomic mass is 10.1. The molecule has 1 amide bonds. The van der Waals surface area contributed by atoms with Gasteiger partial charge in [-0.1, -0.05) is 24.3 Å². The number of nitrogens with one attached hydrogen (secondary N) is 1. The van der Waals surface area contributed by atoms with E-state index in [1.807, 2.05) is 12.1 Å². The Morgan fingerprint density at radius 3 is 2.63 bits per heavy atom. The summed E-state index contributed by atoms with van der Waals surface area (Å²) < 4.78 is 5.06. The maximum atomic E-state index is 12.0. The van der Waals surface area contributed by atoms with Crippen LogP contribution in [0.25, 0.3) is 0 Å². The number of carbonyl (C=O) groups is 1. The number of hydrogen-bond acceptors (Lipinski definition) is 4. The number of rotatable bonds is 3. The van der Waals surface area contributed by atoms with Gasteiger partial charge in [0.05, 0.1) is 6.54 Å². The molecule has 0 radical (unpaired) electrons.